The van der Waals surface area contributed by atoms with Gasteiger partial charge < -0.3 is 11.1 Å². The van der Waals surface area contributed by atoms with Crippen molar-refractivity contribution in [2.45, 2.75) is 13.3 Å². The first-order valence-electron chi connectivity index (χ1n) is 8.89. The minimum Gasteiger partial charge on any atom is -0.404 e. The van der Waals surface area contributed by atoms with E-state index in [-0.39, 0.29) is 5.91 Å². The maximum absolute atomic E-state index is 12.9. The molecule has 8 nitrogen and oxygen atoms in total. The van der Waals surface area contributed by atoms with Crippen LogP contribution in [-0.4, -0.2) is 38.6 Å². The van der Waals surface area contributed by atoms with Crippen molar-refractivity contribution in [1.29, 1.82) is 0 Å². The summed E-state index contributed by atoms with van der Waals surface area (Å²) in [6.45, 7) is 2.26. The molecule has 0 aliphatic heterocycles. The first-order chi connectivity index (χ1) is 14.1. The fraction of sp³-hybridized carbons (Fsp3) is 0.150. The van der Waals surface area contributed by atoms with E-state index in [1.54, 1.807) is 24.5 Å². The molecule has 2 heterocycles. The first-order valence-corrected chi connectivity index (χ1v) is 8.89. The molecule has 1 aromatic carbocycles. The molecule has 1 amide bonds. The van der Waals surface area contributed by atoms with E-state index in [0.717, 1.165) is 11.8 Å². The average Bonchev–Trinajstić information content (AvgIpc) is 3.26. The standard InChI is InChI=1S/C20H20FN7O/c1-14-2-4-18(28-26-8-9-27-28)17(10-14)20(29)23-7-6-15(11-22)12-24-19-5-3-16(21)13-25-19/h2-5,8-13H,6-7,22H2,1H3,(H,23,29). The number of aromatic nitrogens is 4. The highest BCUT2D eigenvalue weighted by Crippen LogP contribution is 2.15. The van der Waals surface area contributed by atoms with Gasteiger partial charge in [-0.2, -0.15) is 15.0 Å². The smallest absolute Gasteiger partial charge is 0.253 e. The Morgan fingerprint density at radius 1 is 1.28 bits per heavy atom. The summed E-state index contributed by atoms with van der Waals surface area (Å²) in [6.07, 6.45) is 7.61. The SMILES string of the molecule is Cc1ccc(-n2nccn2)c(C(=O)NCCC(C=Nc2ccc(F)cn2)=CN)c1. The number of nitrogens with two attached hydrogens (primary N) is 1. The molecule has 3 rings (SSSR count). The largest absolute Gasteiger partial charge is 0.404 e. The van der Waals surface area contributed by atoms with Gasteiger partial charge in [0.05, 0.1) is 29.8 Å². The van der Waals surface area contributed by atoms with Gasteiger partial charge in [0.1, 0.15) is 5.82 Å². The van der Waals surface area contributed by atoms with E-state index >= 15 is 0 Å². The van der Waals surface area contributed by atoms with Gasteiger partial charge in [-0.1, -0.05) is 11.6 Å². The van der Waals surface area contributed by atoms with Gasteiger partial charge in [-0.05, 0) is 49.4 Å². The van der Waals surface area contributed by atoms with Crippen molar-refractivity contribution in [2.75, 3.05) is 6.54 Å². The lowest BCUT2D eigenvalue weighted by Gasteiger charge is -2.10. The maximum Gasteiger partial charge on any atom is 0.253 e. The summed E-state index contributed by atoms with van der Waals surface area (Å²) in [5.41, 5.74) is 8.36. The third-order valence-electron chi connectivity index (χ3n) is 4.02. The number of pyridine rings is 1. The van der Waals surface area contributed by atoms with Crippen molar-refractivity contribution in [2.24, 2.45) is 10.7 Å². The molecule has 29 heavy (non-hydrogen) atoms. The van der Waals surface area contributed by atoms with Crippen LogP contribution in [0.5, 0.6) is 0 Å². The van der Waals surface area contributed by atoms with E-state index < -0.39 is 5.82 Å². The van der Waals surface area contributed by atoms with Crippen LogP contribution in [0.2, 0.25) is 0 Å². The molecule has 148 valence electrons. The molecule has 2 aromatic heterocycles. The van der Waals surface area contributed by atoms with E-state index in [0.29, 0.717) is 35.6 Å². The summed E-state index contributed by atoms with van der Waals surface area (Å²) in [5.74, 6) is -0.303. The highest BCUT2D eigenvalue weighted by molar-refractivity contribution is 5.98. The zero-order valence-corrected chi connectivity index (χ0v) is 15.8. The van der Waals surface area contributed by atoms with Gasteiger partial charge in [0, 0.05) is 12.8 Å². The second kappa shape index (κ2) is 9.36. The molecule has 0 bridgehead atoms. The third kappa shape index (κ3) is 5.32. The highest BCUT2D eigenvalue weighted by Gasteiger charge is 2.14. The minimum absolute atomic E-state index is 0.241. The molecular weight excluding hydrogens is 373 g/mol. The zero-order valence-electron chi connectivity index (χ0n) is 15.8. The van der Waals surface area contributed by atoms with Crippen LogP contribution in [0.25, 0.3) is 5.69 Å². The molecule has 0 unspecified atom stereocenters. The van der Waals surface area contributed by atoms with Gasteiger partial charge in [-0.3, -0.25) is 4.79 Å². The van der Waals surface area contributed by atoms with Crippen LogP contribution in [0, 0.1) is 12.7 Å². The van der Waals surface area contributed by atoms with Crippen LogP contribution in [0.15, 0.2) is 65.7 Å². The molecule has 0 fully saturated rings. The number of nitrogens with zero attached hydrogens (tertiary/aromatic N) is 5. The molecule has 0 saturated heterocycles. The monoisotopic (exact) mass is 393 g/mol. The Morgan fingerprint density at radius 3 is 2.76 bits per heavy atom. The van der Waals surface area contributed by atoms with Gasteiger partial charge in [0.25, 0.3) is 5.91 Å². The summed E-state index contributed by atoms with van der Waals surface area (Å²) in [5, 5.41) is 11.1. The molecule has 0 aliphatic carbocycles. The number of carbonyl (C=O) groups is 1. The quantitative estimate of drug-likeness (QED) is 0.599. The van der Waals surface area contributed by atoms with Gasteiger partial charge in [-0.15, -0.1) is 0 Å². The number of nitrogens with one attached hydrogen (secondary N) is 1. The Bertz CT molecular complexity index is 1030. The summed E-state index contributed by atoms with van der Waals surface area (Å²) in [4.78, 5) is 22.1. The maximum atomic E-state index is 12.9. The lowest BCUT2D eigenvalue weighted by Crippen LogP contribution is -2.26. The van der Waals surface area contributed by atoms with Gasteiger partial charge in [0.15, 0.2) is 5.82 Å². The molecule has 0 spiro atoms. The van der Waals surface area contributed by atoms with Crippen molar-refractivity contribution in [3.63, 3.8) is 0 Å². The zero-order chi connectivity index (χ0) is 20.6. The number of aliphatic imine (C=N–C) groups is 1. The number of carbonyl (C=O) groups excluding carboxylic acids is 1. The predicted molar refractivity (Wildman–Crippen MR) is 108 cm³/mol. The van der Waals surface area contributed by atoms with Gasteiger partial charge in [-0.25, -0.2) is 14.4 Å². The Labute approximate surface area is 167 Å². The van der Waals surface area contributed by atoms with Crippen molar-refractivity contribution < 1.29 is 9.18 Å². The Hall–Kier alpha value is -3.88. The molecule has 3 aromatic rings. The molecule has 9 heteroatoms. The number of rotatable bonds is 7. The van der Waals surface area contributed by atoms with Crippen molar-refractivity contribution >= 4 is 17.9 Å². The van der Waals surface area contributed by atoms with Crippen LogP contribution in [0.4, 0.5) is 10.2 Å². The molecular formula is C20H20FN7O. The second-order valence-electron chi connectivity index (χ2n) is 6.18. The van der Waals surface area contributed by atoms with Crippen molar-refractivity contribution in [1.82, 2.24) is 25.3 Å². The van der Waals surface area contributed by atoms with E-state index in [2.05, 4.69) is 25.5 Å². The Balaban J connectivity index is 1.62. The molecule has 0 radical (unpaired) electrons. The Morgan fingerprint density at radius 2 is 2.07 bits per heavy atom. The average molecular weight is 393 g/mol. The van der Waals surface area contributed by atoms with E-state index in [9.17, 15) is 9.18 Å². The molecule has 0 saturated carbocycles. The van der Waals surface area contributed by atoms with E-state index in [4.69, 9.17) is 5.73 Å². The fourth-order valence-corrected chi connectivity index (χ4v) is 2.55. The summed E-state index contributed by atoms with van der Waals surface area (Å²) >= 11 is 0. The molecule has 0 atom stereocenters. The predicted octanol–water partition coefficient (Wildman–Crippen LogP) is 2.47. The van der Waals surface area contributed by atoms with Crippen molar-refractivity contribution in [3.8, 4) is 5.69 Å². The number of hydrogen-bond acceptors (Lipinski definition) is 6. The van der Waals surface area contributed by atoms with Gasteiger partial charge in [0.2, 0.25) is 0 Å². The minimum atomic E-state index is -0.429. The lowest BCUT2D eigenvalue weighted by atomic mass is 10.1. The van der Waals surface area contributed by atoms with Crippen LogP contribution < -0.4 is 11.1 Å². The summed E-state index contributed by atoms with van der Waals surface area (Å²) in [7, 11) is 0. The van der Waals surface area contributed by atoms with E-state index in [1.807, 2.05) is 13.0 Å². The molecule has 3 N–H and O–H groups in total. The van der Waals surface area contributed by atoms with Crippen molar-refractivity contribution in [3.05, 3.63) is 77.6 Å². The Kier molecular flexibility index (Phi) is 6.41. The number of aryl methyl sites for hydroxylation is 1. The highest BCUT2D eigenvalue weighted by atomic mass is 19.1. The number of halogens is 1. The van der Waals surface area contributed by atoms with Crippen LogP contribution in [-0.2, 0) is 0 Å². The topological polar surface area (TPSA) is 111 Å². The first kappa shape index (κ1) is 19.9. The summed E-state index contributed by atoms with van der Waals surface area (Å²) < 4.78 is 12.9. The number of amides is 1. The summed E-state index contributed by atoms with van der Waals surface area (Å²) in [6, 6.07) is 8.22. The second-order valence-corrected chi connectivity index (χ2v) is 6.18. The third-order valence-corrected chi connectivity index (χ3v) is 4.02. The van der Waals surface area contributed by atoms with Crippen LogP contribution in [0.1, 0.15) is 22.3 Å². The fourth-order valence-electron chi connectivity index (χ4n) is 2.55. The molecule has 0 aliphatic rings. The van der Waals surface area contributed by atoms with Gasteiger partial charge >= 0.3 is 0 Å². The lowest BCUT2D eigenvalue weighted by molar-refractivity contribution is 0.0954. The normalized spacial score (nSPS) is 11.7. The van der Waals surface area contributed by atoms with E-state index in [1.165, 1.54) is 29.3 Å². The number of benzene rings is 1. The number of hydrogen-bond donors (Lipinski definition) is 2. The van der Waals surface area contributed by atoms with Crippen LogP contribution >= 0.6 is 0 Å². The van der Waals surface area contributed by atoms with Crippen LogP contribution in [0.3, 0.4) is 0 Å².